The molecule has 20 heavy (non-hydrogen) atoms. The summed E-state index contributed by atoms with van der Waals surface area (Å²) in [4.78, 5) is 16.4. The first-order valence-corrected chi connectivity index (χ1v) is 6.41. The first-order chi connectivity index (χ1) is 9.29. The molecular weight excluding hydrogens is 254 g/mol. The van der Waals surface area contributed by atoms with Crippen LogP contribution in [0.2, 0.25) is 0 Å². The Morgan fingerprint density at radius 1 is 1.30 bits per heavy atom. The van der Waals surface area contributed by atoms with Gasteiger partial charge in [-0.15, -0.1) is 0 Å². The Kier molecular flexibility index (Phi) is 3.53. The van der Waals surface area contributed by atoms with Gasteiger partial charge in [0.25, 0.3) is 5.88 Å². The van der Waals surface area contributed by atoms with E-state index in [1.807, 2.05) is 27.7 Å². The number of rotatable bonds is 2. The van der Waals surface area contributed by atoms with Crippen molar-refractivity contribution >= 4 is 5.69 Å². The SMILES string of the molecule is Cc1cc(N)ccc1Oc1nccn(C(C)(C)C)c1=O. The number of ether oxygens (including phenoxy) is 1. The number of benzene rings is 1. The van der Waals surface area contributed by atoms with Crippen molar-refractivity contribution in [2.24, 2.45) is 0 Å². The van der Waals surface area contributed by atoms with Crippen LogP contribution in [0.25, 0.3) is 0 Å². The molecule has 0 atom stereocenters. The maximum atomic E-state index is 12.3. The van der Waals surface area contributed by atoms with E-state index in [4.69, 9.17) is 10.5 Å². The second-order valence-corrected chi connectivity index (χ2v) is 5.71. The van der Waals surface area contributed by atoms with Crippen LogP contribution in [0.3, 0.4) is 0 Å². The lowest BCUT2D eigenvalue weighted by Gasteiger charge is -2.22. The van der Waals surface area contributed by atoms with Gasteiger partial charge in [0.05, 0.1) is 0 Å². The molecule has 0 aliphatic heterocycles. The van der Waals surface area contributed by atoms with Gasteiger partial charge in [-0.05, 0) is 51.5 Å². The highest BCUT2D eigenvalue weighted by Gasteiger charge is 2.18. The molecule has 5 heteroatoms. The number of nitrogens with two attached hydrogens (primary N) is 1. The molecule has 0 saturated heterocycles. The van der Waals surface area contributed by atoms with Gasteiger partial charge in [-0.3, -0.25) is 4.79 Å². The molecule has 0 saturated carbocycles. The zero-order valence-corrected chi connectivity index (χ0v) is 12.2. The number of anilines is 1. The Hall–Kier alpha value is -2.30. The van der Waals surface area contributed by atoms with Crippen molar-refractivity contribution in [1.82, 2.24) is 9.55 Å². The number of nitrogens with zero attached hydrogens (tertiary/aromatic N) is 2. The second-order valence-electron chi connectivity index (χ2n) is 5.71. The topological polar surface area (TPSA) is 70.1 Å². The van der Waals surface area contributed by atoms with Crippen LogP contribution < -0.4 is 16.0 Å². The summed E-state index contributed by atoms with van der Waals surface area (Å²) in [6, 6.07) is 5.26. The van der Waals surface area contributed by atoms with Crippen LogP contribution in [0.4, 0.5) is 5.69 Å². The standard InChI is InChI=1S/C15H19N3O2/c1-10-9-11(16)5-6-12(10)20-13-14(19)18(8-7-17-13)15(2,3)4/h5-9H,16H2,1-4H3. The summed E-state index contributed by atoms with van der Waals surface area (Å²) in [5.74, 6) is 0.644. The summed E-state index contributed by atoms with van der Waals surface area (Å²) in [5, 5.41) is 0. The van der Waals surface area contributed by atoms with Crippen molar-refractivity contribution in [3.8, 4) is 11.6 Å². The molecule has 0 aliphatic carbocycles. The van der Waals surface area contributed by atoms with Gasteiger partial charge in [-0.1, -0.05) is 0 Å². The minimum atomic E-state index is -0.325. The van der Waals surface area contributed by atoms with E-state index >= 15 is 0 Å². The van der Waals surface area contributed by atoms with Gasteiger partial charge >= 0.3 is 5.56 Å². The summed E-state index contributed by atoms with van der Waals surface area (Å²) in [6.07, 6.45) is 3.22. The highest BCUT2D eigenvalue weighted by molar-refractivity contribution is 5.47. The van der Waals surface area contributed by atoms with Gasteiger partial charge in [0, 0.05) is 23.6 Å². The van der Waals surface area contributed by atoms with E-state index in [0.717, 1.165) is 5.56 Å². The molecule has 2 N–H and O–H groups in total. The highest BCUT2D eigenvalue weighted by atomic mass is 16.5. The monoisotopic (exact) mass is 273 g/mol. The van der Waals surface area contributed by atoms with Crippen molar-refractivity contribution in [2.75, 3.05) is 5.73 Å². The fraction of sp³-hybridized carbons (Fsp3) is 0.333. The predicted molar refractivity (Wildman–Crippen MR) is 79.2 cm³/mol. The van der Waals surface area contributed by atoms with Crippen LogP contribution in [0, 0.1) is 6.92 Å². The average molecular weight is 273 g/mol. The van der Waals surface area contributed by atoms with Crippen molar-refractivity contribution in [3.63, 3.8) is 0 Å². The number of hydrogen-bond donors (Lipinski definition) is 1. The smallest absolute Gasteiger partial charge is 0.314 e. The molecular formula is C15H19N3O2. The molecule has 1 aromatic carbocycles. The first-order valence-electron chi connectivity index (χ1n) is 6.41. The number of aryl methyl sites for hydroxylation is 1. The van der Waals surface area contributed by atoms with Gasteiger partial charge in [0.15, 0.2) is 0 Å². The largest absolute Gasteiger partial charge is 0.434 e. The van der Waals surface area contributed by atoms with Gasteiger partial charge in [0.2, 0.25) is 0 Å². The minimum Gasteiger partial charge on any atom is -0.434 e. The van der Waals surface area contributed by atoms with Crippen molar-refractivity contribution in [3.05, 3.63) is 46.5 Å². The molecule has 2 rings (SSSR count). The molecule has 0 radical (unpaired) electrons. The molecule has 0 unspecified atom stereocenters. The molecule has 1 heterocycles. The Bertz CT molecular complexity index is 684. The van der Waals surface area contributed by atoms with E-state index in [1.165, 1.54) is 0 Å². The van der Waals surface area contributed by atoms with Crippen molar-refractivity contribution in [1.29, 1.82) is 0 Å². The summed E-state index contributed by atoms with van der Waals surface area (Å²) >= 11 is 0. The Morgan fingerprint density at radius 2 is 2.00 bits per heavy atom. The molecule has 2 aromatic rings. The zero-order valence-electron chi connectivity index (χ0n) is 12.2. The molecule has 1 aromatic heterocycles. The highest BCUT2D eigenvalue weighted by Crippen LogP contribution is 2.24. The Balaban J connectivity index is 2.42. The van der Waals surface area contributed by atoms with Crippen LogP contribution >= 0.6 is 0 Å². The van der Waals surface area contributed by atoms with Gasteiger partial charge in [-0.2, -0.15) is 0 Å². The number of hydrogen-bond acceptors (Lipinski definition) is 4. The van der Waals surface area contributed by atoms with E-state index in [2.05, 4.69) is 4.98 Å². The van der Waals surface area contributed by atoms with Gasteiger partial charge < -0.3 is 15.0 Å². The fourth-order valence-electron chi connectivity index (χ4n) is 1.88. The van der Waals surface area contributed by atoms with Gasteiger partial charge in [0.1, 0.15) is 5.75 Å². The third-order valence-corrected chi connectivity index (χ3v) is 2.94. The third-order valence-electron chi connectivity index (χ3n) is 2.94. The van der Waals surface area contributed by atoms with E-state index in [0.29, 0.717) is 11.4 Å². The predicted octanol–water partition coefficient (Wildman–Crippen LogP) is 2.68. The summed E-state index contributed by atoms with van der Waals surface area (Å²) in [6.45, 7) is 7.73. The lowest BCUT2D eigenvalue weighted by Crippen LogP contribution is -2.34. The summed E-state index contributed by atoms with van der Waals surface area (Å²) in [7, 11) is 0. The maximum Gasteiger partial charge on any atom is 0.314 e. The molecule has 0 aliphatic rings. The van der Waals surface area contributed by atoms with Crippen LogP contribution in [-0.2, 0) is 5.54 Å². The summed E-state index contributed by atoms with van der Waals surface area (Å²) in [5.41, 5.74) is 6.63. The normalized spacial score (nSPS) is 11.4. The quantitative estimate of drug-likeness (QED) is 0.854. The van der Waals surface area contributed by atoms with Crippen LogP contribution in [0.1, 0.15) is 26.3 Å². The average Bonchev–Trinajstić information content (AvgIpc) is 2.33. The molecule has 0 amide bonds. The fourth-order valence-corrected chi connectivity index (χ4v) is 1.88. The van der Waals surface area contributed by atoms with E-state index < -0.39 is 0 Å². The zero-order chi connectivity index (χ0) is 14.9. The summed E-state index contributed by atoms with van der Waals surface area (Å²) < 4.78 is 7.23. The number of nitrogen functional groups attached to an aromatic ring is 1. The van der Waals surface area contributed by atoms with Crippen LogP contribution in [0.5, 0.6) is 11.6 Å². The third kappa shape index (κ3) is 2.82. The molecule has 0 fully saturated rings. The lowest BCUT2D eigenvalue weighted by molar-refractivity contribution is 0.362. The van der Waals surface area contributed by atoms with Crippen molar-refractivity contribution < 1.29 is 4.74 Å². The molecule has 0 spiro atoms. The van der Waals surface area contributed by atoms with Crippen LogP contribution in [0.15, 0.2) is 35.4 Å². The van der Waals surface area contributed by atoms with E-state index in [9.17, 15) is 4.79 Å². The maximum absolute atomic E-state index is 12.3. The first kappa shape index (κ1) is 14.1. The molecule has 5 nitrogen and oxygen atoms in total. The Morgan fingerprint density at radius 3 is 2.60 bits per heavy atom. The van der Waals surface area contributed by atoms with E-state index in [1.54, 1.807) is 35.2 Å². The number of aromatic nitrogens is 2. The Labute approximate surface area is 118 Å². The van der Waals surface area contributed by atoms with Crippen molar-refractivity contribution in [2.45, 2.75) is 33.2 Å². The molecule has 0 bridgehead atoms. The van der Waals surface area contributed by atoms with E-state index in [-0.39, 0.29) is 17.0 Å². The van der Waals surface area contributed by atoms with Gasteiger partial charge in [-0.25, -0.2) is 4.98 Å². The molecule has 106 valence electrons. The lowest BCUT2D eigenvalue weighted by atomic mass is 10.1. The minimum absolute atomic E-state index is 0.0651. The second kappa shape index (κ2) is 5.00. The van der Waals surface area contributed by atoms with Crippen LogP contribution in [-0.4, -0.2) is 9.55 Å².